The molecular weight excluding hydrogens is 260 g/mol. The molecule has 0 amide bonds. The summed E-state index contributed by atoms with van der Waals surface area (Å²) in [6.07, 6.45) is 4.52. The average Bonchev–Trinajstić information content (AvgIpc) is 2.73. The molecule has 0 saturated heterocycles. The van der Waals surface area contributed by atoms with Crippen LogP contribution in [-0.4, -0.2) is 26.0 Å². The summed E-state index contributed by atoms with van der Waals surface area (Å²) in [7, 11) is 0. The van der Waals surface area contributed by atoms with Crippen molar-refractivity contribution in [1.82, 2.24) is 14.6 Å². The molecule has 2 aromatic rings. The fourth-order valence-corrected chi connectivity index (χ4v) is 2.41. The van der Waals surface area contributed by atoms with Gasteiger partial charge in [0, 0.05) is 23.8 Å². The van der Waals surface area contributed by atoms with E-state index in [1.807, 2.05) is 10.7 Å². The molecule has 0 aromatic carbocycles. The lowest BCUT2D eigenvalue weighted by molar-refractivity contribution is 0.548. The first-order valence-corrected chi connectivity index (χ1v) is 7.15. The molecule has 0 spiro atoms. The number of hydrogen-bond acceptors (Lipinski definition) is 3. The summed E-state index contributed by atoms with van der Waals surface area (Å²) in [5, 5.41) is 8.02. The molecule has 1 N–H and O–H groups in total. The van der Waals surface area contributed by atoms with Crippen LogP contribution in [0.1, 0.15) is 45.7 Å². The highest BCUT2D eigenvalue weighted by molar-refractivity contribution is 6.17. The van der Waals surface area contributed by atoms with E-state index in [0.717, 1.165) is 23.4 Å². The highest BCUT2D eigenvalue weighted by Crippen LogP contribution is 2.23. The Bertz CT molecular complexity index is 560. The van der Waals surface area contributed by atoms with E-state index in [4.69, 9.17) is 11.6 Å². The fourth-order valence-electron chi connectivity index (χ4n) is 1.94. The molecule has 2 rings (SSSR count). The molecule has 5 heteroatoms. The third-order valence-corrected chi connectivity index (χ3v) is 3.37. The Morgan fingerprint density at radius 2 is 2.16 bits per heavy atom. The lowest BCUT2D eigenvalue weighted by atomic mass is 10.0. The minimum Gasteiger partial charge on any atom is -0.363 e. The van der Waals surface area contributed by atoms with Gasteiger partial charge in [-0.15, -0.1) is 11.6 Å². The Morgan fingerprint density at radius 3 is 2.79 bits per heavy atom. The van der Waals surface area contributed by atoms with Crippen LogP contribution < -0.4 is 5.32 Å². The summed E-state index contributed by atoms with van der Waals surface area (Å²) in [6.45, 7) is 8.53. The van der Waals surface area contributed by atoms with E-state index in [-0.39, 0.29) is 5.54 Å². The number of halogens is 1. The van der Waals surface area contributed by atoms with Gasteiger partial charge in [0.25, 0.3) is 0 Å². The molecule has 4 nitrogen and oxygen atoms in total. The number of rotatable bonds is 5. The van der Waals surface area contributed by atoms with Crippen LogP contribution in [0.2, 0.25) is 0 Å². The topological polar surface area (TPSA) is 42.2 Å². The van der Waals surface area contributed by atoms with Crippen molar-refractivity contribution in [2.24, 2.45) is 0 Å². The Labute approximate surface area is 119 Å². The third-order valence-electron chi connectivity index (χ3n) is 3.18. The largest absolute Gasteiger partial charge is 0.363 e. The predicted octanol–water partition coefficient (Wildman–Crippen LogP) is 3.67. The normalized spacial score (nSPS) is 12.3. The molecule has 0 radical (unpaired) electrons. The smallest absolute Gasteiger partial charge is 0.152 e. The van der Waals surface area contributed by atoms with Crippen molar-refractivity contribution in [2.45, 2.75) is 45.6 Å². The maximum Gasteiger partial charge on any atom is 0.152 e. The lowest BCUT2D eigenvalue weighted by Gasteiger charge is -2.26. The molecule has 0 bridgehead atoms. The predicted molar refractivity (Wildman–Crippen MR) is 80.1 cm³/mol. The maximum atomic E-state index is 5.84. The van der Waals surface area contributed by atoms with E-state index in [1.54, 1.807) is 6.20 Å². The molecule has 19 heavy (non-hydrogen) atoms. The minimum atomic E-state index is -0.0845. The Morgan fingerprint density at radius 1 is 1.42 bits per heavy atom. The first-order chi connectivity index (χ1) is 8.93. The number of anilines is 1. The van der Waals surface area contributed by atoms with Gasteiger partial charge in [-0.3, -0.25) is 0 Å². The summed E-state index contributed by atoms with van der Waals surface area (Å²) >= 11 is 5.84. The van der Waals surface area contributed by atoms with E-state index in [1.165, 1.54) is 0 Å². The van der Waals surface area contributed by atoms with Crippen LogP contribution in [0.25, 0.3) is 5.52 Å². The van der Waals surface area contributed by atoms with E-state index in [9.17, 15) is 0 Å². The van der Waals surface area contributed by atoms with Gasteiger partial charge in [-0.1, -0.05) is 13.8 Å². The summed E-state index contributed by atoms with van der Waals surface area (Å²) < 4.78 is 1.88. The number of nitrogens with zero attached hydrogens (tertiary/aromatic N) is 3. The van der Waals surface area contributed by atoms with Gasteiger partial charge in [0.2, 0.25) is 0 Å². The summed E-state index contributed by atoms with van der Waals surface area (Å²) in [4.78, 5) is 4.43. The molecule has 0 saturated carbocycles. The van der Waals surface area contributed by atoms with Crippen LogP contribution in [0.4, 0.5) is 5.82 Å². The Balaban J connectivity index is 2.38. The monoisotopic (exact) mass is 280 g/mol. The first-order valence-electron chi connectivity index (χ1n) is 6.61. The van der Waals surface area contributed by atoms with Crippen molar-refractivity contribution in [1.29, 1.82) is 0 Å². The molecule has 0 atom stereocenters. The SMILES string of the molecule is CC(C)c1cc2c(NC(C)(C)CCCl)nccn2n1. The van der Waals surface area contributed by atoms with E-state index < -0.39 is 0 Å². The quantitative estimate of drug-likeness (QED) is 0.850. The van der Waals surface area contributed by atoms with Gasteiger partial charge >= 0.3 is 0 Å². The summed E-state index contributed by atoms with van der Waals surface area (Å²) in [6, 6.07) is 2.09. The van der Waals surface area contributed by atoms with Gasteiger partial charge < -0.3 is 5.32 Å². The van der Waals surface area contributed by atoms with E-state index in [0.29, 0.717) is 11.8 Å². The second-order valence-corrected chi connectivity index (χ2v) is 6.16. The molecule has 0 aliphatic rings. The van der Waals surface area contributed by atoms with Crippen LogP contribution in [0.5, 0.6) is 0 Å². The van der Waals surface area contributed by atoms with Crippen LogP contribution in [0, 0.1) is 0 Å². The van der Waals surface area contributed by atoms with Crippen molar-refractivity contribution >= 4 is 22.9 Å². The lowest BCUT2D eigenvalue weighted by Crippen LogP contribution is -2.31. The fraction of sp³-hybridized carbons (Fsp3) is 0.571. The van der Waals surface area contributed by atoms with Gasteiger partial charge in [0.1, 0.15) is 5.52 Å². The van der Waals surface area contributed by atoms with Crippen LogP contribution >= 0.6 is 11.6 Å². The van der Waals surface area contributed by atoms with Gasteiger partial charge in [0.15, 0.2) is 5.82 Å². The molecule has 104 valence electrons. The number of alkyl halides is 1. The van der Waals surface area contributed by atoms with E-state index in [2.05, 4.69) is 49.2 Å². The van der Waals surface area contributed by atoms with E-state index >= 15 is 0 Å². The molecule has 0 aliphatic carbocycles. The molecule has 2 heterocycles. The second-order valence-electron chi connectivity index (χ2n) is 5.78. The standard InChI is InChI=1S/C14H21ClN4/c1-10(2)11-9-12-13(16-7-8-19(12)18-11)17-14(3,4)5-6-15/h7-10H,5-6H2,1-4H3,(H,16,17). The number of hydrogen-bond donors (Lipinski definition) is 1. The zero-order valence-corrected chi connectivity index (χ0v) is 12.7. The highest BCUT2D eigenvalue weighted by Gasteiger charge is 2.19. The third kappa shape index (κ3) is 3.18. The maximum absolute atomic E-state index is 5.84. The van der Waals surface area contributed by atoms with Crippen LogP contribution in [0.15, 0.2) is 18.5 Å². The van der Waals surface area contributed by atoms with Gasteiger partial charge in [-0.05, 0) is 32.3 Å². The molecule has 0 aliphatic heterocycles. The van der Waals surface area contributed by atoms with Gasteiger partial charge in [0.05, 0.1) is 5.69 Å². The van der Waals surface area contributed by atoms with Crippen molar-refractivity contribution in [3.8, 4) is 0 Å². The second kappa shape index (κ2) is 5.37. The molecular formula is C14H21ClN4. The summed E-state index contributed by atoms with van der Waals surface area (Å²) in [5.41, 5.74) is 2.00. The number of fused-ring (bicyclic) bond motifs is 1. The molecule has 0 unspecified atom stereocenters. The van der Waals surface area contributed by atoms with Crippen LogP contribution in [0.3, 0.4) is 0 Å². The number of nitrogens with one attached hydrogen (secondary N) is 1. The van der Waals surface area contributed by atoms with Crippen molar-refractivity contribution in [2.75, 3.05) is 11.2 Å². The number of aromatic nitrogens is 3. The van der Waals surface area contributed by atoms with Gasteiger partial charge in [-0.2, -0.15) is 5.10 Å². The summed E-state index contributed by atoms with van der Waals surface area (Å²) in [5.74, 6) is 1.89. The first kappa shape index (κ1) is 14.1. The highest BCUT2D eigenvalue weighted by atomic mass is 35.5. The van der Waals surface area contributed by atoms with Crippen molar-refractivity contribution in [3.05, 3.63) is 24.2 Å². The van der Waals surface area contributed by atoms with Crippen LogP contribution in [-0.2, 0) is 0 Å². The Kier molecular flexibility index (Phi) is 3.99. The van der Waals surface area contributed by atoms with Crippen molar-refractivity contribution < 1.29 is 0 Å². The molecule has 2 aromatic heterocycles. The minimum absolute atomic E-state index is 0.0845. The Hall–Kier alpha value is -1.29. The molecule has 0 fully saturated rings. The average molecular weight is 281 g/mol. The van der Waals surface area contributed by atoms with Crippen molar-refractivity contribution in [3.63, 3.8) is 0 Å². The zero-order valence-electron chi connectivity index (χ0n) is 11.9. The van der Waals surface area contributed by atoms with Gasteiger partial charge in [-0.25, -0.2) is 9.50 Å². The zero-order chi connectivity index (χ0) is 14.0.